The summed E-state index contributed by atoms with van der Waals surface area (Å²) < 4.78 is 2.15. The molecule has 0 N–H and O–H groups in total. The minimum absolute atomic E-state index is 0.0206. The minimum atomic E-state index is -0.0206. The second-order valence-corrected chi connectivity index (χ2v) is 9.95. The normalized spacial score (nSPS) is 15.6. The maximum atomic E-state index is 13.5. The highest BCUT2D eigenvalue weighted by Crippen LogP contribution is 2.35. The number of hydrogen-bond acceptors (Lipinski definition) is 2. The van der Waals surface area contributed by atoms with E-state index in [0.29, 0.717) is 11.4 Å². The third-order valence-electron chi connectivity index (χ3n) is 7.15. The smallest absolute Gasteiger partial charge is 0.223 e. The number of carbonyl (C=O) groups is 1. The van der Waals surface area contributed by atoms with Crippen molar-refractivity contribution in [3.05, 3.63) is 113 Å². The number of fused-ring (bicyclic) bond motifs is 1. The zero-order valence-electron chi connectivity index (χ0n) is 20.7. The van der Waals surface area contributed by atoms with E-state index in [1.165, 1.54) is 22.0 Å². The van der Waals surface area contributed by atoms with Crippen molar-refractivity contribution in [3.8, 4) is 0 Å². The molecule has 0 aliphatic carbocycles. The van der Waals surface area contributed by atoms with E-state index < -0.39 is 0 Å². The lowest BCUT2D eigenvalue weighted by atomic mass is 9.87. The van der Waals surface area contributed by atoms with E-state index in [-0.39, 0.29) is 11.8 Å². The van der Waals surface area contributed by atoms with Crippen LogP contribution in [0.1, 0.15) is 29.0 Å². The molecule has 1 atom stereocenters. The van der Waals surface area contributed by atoms with Crippen LogP contribution < -0.4 is 0 Å². The first-order valence-corrected chi connectivity index (χ1v) is 13.0. The molecular weight excluding hydrogens is 466 g/mol. The Kier molecular flexibility index (Phi) is 7.55. The van der Waals surface area contributed by atoms with Crippen LogP contribution in [-0.4, -0.2) is 53.0 Å². The summed E-state index contributed by atoms with van der Waals surface area (Å²) in [6.07, 6.45) is 7.00. The highest BCUT2D eigenvalue weighted by atomic mass is 35.5. The molecule has 1 aliphatic heterocycles. The van der Waals surface area contributed by atoms with E-state index in [1.807, 2.05) is 23.1 Å². The molecule has 0 spiro atoms. The van der Waals surface area contributed by atoms with Crippen LogP contribution in [0.2, 0.25) is 5.02 Å². The number of rotatable bonds is 7. The molecule has 2 heterocycles. The predicted molar refractivity (Wildman–Crippen MR) is 149 cm³/mol. The zero-order valence-corrected chi connectivity index (χ0v) is 21.4. The molecule has 1 saturated heterocycles. The van der Waals surface area contributed by atoms with E-state index in [9.17, 15) is 4.79 Å². The fraction of sp³-hybridized carbons (Fsp3) is 0.258. The maximum Gasteiger partial charge on any atom is 0.223 e. The zero-order chi connectivity index (χ0) is 24.9. The van der Waals surface area contributed by atoms with Gasteiger partial charge in [-0.2, -0.15) is 0 Å². The van der Waals surface area contributed by atoms with E-state index >= 15 is 0 Å². The van der Waals surface area contributed by atoms with Crippen molar-refractivity contribution in [1.29, 1.82) is 0 Å². The van der Waals surface area contributed by atoms with Gasteiger partial charge in [-0.05, 0) is 34.9 Å². The van der Waals surface area contributed by atoms with E-state index in [0.717, 1.165) is 38.3 Å². The molecular formula is C31H32ClN3O. The molecule has 184 valence electrons. The van der Waals surface area contributed by atoms with Gasteiger partial charge >= 0.3 is 0 Å². The summed E-state index contributed by atoms with van der Waals surface area (Å²) in [4.78, 5) is 18.0. The van der Waals surface area contributed by atoms with Crippen molar-refractivity contribution in [3.63, 3.8) is 0 Å². The second-order valence-electron chi connectivity index (χ2n) is 9.52. The lowest BCUT2D eigenvalue weighted by Crippen LogP contribution is -2.48. The van der Waals surface area contributed by atoms with Crippen LogP contribution in [0, 0.1) is 0 Å². The number of aryl methyl sites for hydroxylation is 1. The number of benzene rings is 3. The van der Waals surface area contributed by atoms with Crippen LogP contribution in [-0.2, 0) is 11.8 Å². The molecule has 36 heavy (non-hydrogen) atoms. The fourth-order valence-corrected chi connectivity index (χ4v) is 5.26. The molecule has 1 aromatic heterocycles. The summed E-state index contributed by atoms with van der Waals surface area (Å²) in [5.41, 5.74) is 4.70. The summed E-state index contributed by atoms with van der Waals surface area (Å²) in [6.45, 7) is 4.22. The molecule has 4 aromatic rings. The number of halogens is 1. The summed E-state index contributed by atoms with van der Waals surface area (Å²) in [6, 6.07) is 26.7. The van der Waals surface area contributed by atoms with Crippen molar-refractivity contribution in [2.45, 2.75) is 12.3 Å². The van der Waals surface area contributed by atoms with E-state index in [4.69, 9.17) is 11.6 Å². The van der Waals surface area contributed by atoms with Gasteiger partial charge in [0.05, 0.1) is 0 Å². The highest BCUT2D eigenvalue weighted by molar-refractivity contribution is 6.30. The third-order valence-corrected chi connectivity index (χ3v) is 7.40. The highest BCUT2D eigenvalue weighted by Gasteiger charge is 2.27. The van der Waals surface area contributed by atoms with Gasteiger partial charge in [0.1, 0.15) is 0 Å². The largest absolute Gasteiger partial charge is 0.350 e. The van der Waals surface area contributed by atoms with Crippen molar-refractivity contribution >= 4 is 34.5 Å². The Hall–Kier alpha value is -3.34. The second kappa shape index (κ2) is 11.2. The topological polar surface area (TPSA) is 28.5 Å². The maximum absolute atomic E-state index is 13.5. The molecule has 1 fully saturated rings. The molecule has 1 aliphatic rings. The van der Waals surface area contributed by atoms with Crippen LogP contribution in [0.15, 0.2) is 91.1 Å². The molecule has 3 aromatic carbocycles. The quantitative estimate of drug-likeness (QED) is 0.303. The minimum Gasteiger partial charge on any atom is -0.350 e. The predicted octanol–water partition coefficient (Wildman–Crippen LogP) is 6.21. The van der Waals surface area contributed by atoms with Crippen LogP contribution in [0.3, 0.4) is 0 Å². The monoisotopic (exact) mass is 497 g/mol. The molecule has 4 nitrogen and oxygen atoms in total. The van der Waals surface area contributed by atoms with Gasteiger partial charge in [-0.3, -0.25) is 9.69 Å². The van der Waals surface area contributed by atoms with Crippen molar-refractivity contribution < 1.29 is 4.79 Å². The van der Waals surface area contributed by atoms with Crippen LogP contribution in [0.25, 0.3) is 17.0 Å². The van der Waals surface area contributed by atoms with E-state index in [2.05, 4.69) is 95.5 Å². The van der Waals surface area contributed by atoms with Crippen molar-refractivity contribution in [1.82, 2.24) is 14.4 Å². The van der Waals surface area contributed by atoms with Gasteiger partial charge in [0, 0.05) is 74.2 Å². The molecule has 5 rings (SSSR count). The Morgan fingerprint density at radius 3 is 2.36 bits per heavy atom. The molecule has 1 amide bonds. The number of piperazine rings is 1. The average Bonchev–Trinajstić information content (AvgIpc) is 3.25. The molecule has 0 saturated carbocycles. The summed E-state index contributed by atoms with van der Waals surface area (Å²) in [5.74, 6) is 0.190. The SMILES string of the molecule is Cn1cc([C@@H](CC(=O)N2CCN(C/C=C/c3ccccc3)CC2)c2ccc(Cl)cc2)c2ccccc21. The number of para-hydroxylation sites is 1. The molecule has 0 bridgehead atoms. The Morgan fingerprint density at radius 1 is 0.917 bits per heavy atom. The lowest BCUT2D eigenvalue weighted by molar-refractivity contribution is -0.133. The van der Waals surface area contributed by atoms with Gasteiger partial charge in [-0.1, -0.05) is 84.4 Å². The first kappa shape index (κ1) is 24.4. The standard InChI is InChI=1S/C31H32ClN3O/c1-33-23-29(27-11-5-6-12-30(27)33)28(25-13-15-26(32)16-14-25)22-31(36)35-20-18-34(19-21-35)17-7-10-24-8-3-2-4-9-24/h2-16,23,28H,17-22H2,1H3/b10-7+/t28-/m0/s1. The summed E-state index contributed by atoms with van der Waals surface area (Å²) in [7, 11) is 2.07. The molecule has 0 unspecified atom stereocenters. The number of hydrogen-bond donors (Lipinski definition) is 0. The lowest BCUT2D eigenvalue weighted by Gasteiger charge is -2.35. The van der Waals surface area contributed by atoms with Crippen molar-refractivity contribution in [2.75, 3.05) is 32.7 Å². The Balaban J connectivity index is 1.27. The number of carbonyl (C=O) groups excluding carboxylic acids is 1. The first-order chi connectivity index (χ1) is 17.6. The van der Waals surface area contributed by atoms with Gasteiger partial charge in [0.2, 0.25) is 5.91 Å². The number of nitrogens with zero attached hydrogens (tertiary/aromatic N) is 3. The fourth-order valence-electron chi connectivity index (χ4n) is 5.14. The van der Waals surface area contributed by atoms with E-state index in [1.54, 1.807) is 0 Å². The summed E-state index contributed by atoms with van der Waals surface area (Å²) >= 11 is 6.18. The Morgan fingerprint density at radius 2 is 1.61 bits per heavy atom. The summed E-state index contributed by atoms with van der Waals surface area (Å²) in [5, 5.41) is 1.90. The van der Waals surface area contributed by atoms with Crippen LogP contribution in [0.4, 0.5) is 0 Å². The van der Waals surface area contributed by atoms with Gasteiger partial charge in [0.15, 0.2) is 0 Å². The average molecular weight is 498 g/mol. The third kappa shape index (κ3) is 5.56. The van der Waals surface area contributed by atoms with Crippen LogP contribution >= 0.6 is 11.6 Å². The van der Waals surface area contributed by atoms with Crippen molar-refractivity contribution in [2.24, 2.45) is 7.05 Å². The van der Waals surface area contributed by atoms with Gasteiger partial charge in [-0.25, -0.2) is 0 Å². The number of amides is 1. The Labute approximate surface area is 218 Å². The number of aromatic nitrogens is 1. The Bertz CT molecular complexity index is 1340. The molecule has 0 radical (unpaired) electrons. The molecule has 5 heteroatoms. The first-order valence-electron chi connectivity index (χ1n) is 12.6. The van der Waals surface area contributed by atoms with Gasteiger partial charge in [-0.15, -0.1) is 0 Å². The van der Waals surface area contributed by atoms with Gasteiger partial charge < -0.3 is 9.47 Å². The van der Waals surface area contributed by atoms with Crippen LogP contribution in [0.5, 0.6) is 0 Å². The van der Waals surface area contributed by atoms with Gasteiger partial charge in [0.25, 0.3) is 0 Å².